The summed E-state index contributed by atoms with van der Waals surface area (Å²) in [5.41, 5.74) is 0.994. The van der Waals surface area contributed by atoms with Crippen molar-refractivity contribution in [1.82, 2.24) is 9.59 Å². The van der Waals surface area contributed by atoms with Crippen LogP contribution >= 0.6 is 23.1 Å². The van der Waals surface area contributed by atoms with Crippen molar-refractivity contribution in [1.29, 1.82) is 0 Å². The number of ketones is 1. The Balaban J connectivity index is 2.21. The van der Waals surface area contributed by atoms with Crippen LogP contribution in [0.3, 0.4) is 0 Å². The number of benzene rings is 1. The van der Waals surface area contributed by atoms with E-state index in [-0.39, 0.29) is 12.2 Å². The maximum Gasteiger partial charge on any atom is 0.180 e. The molecule has 0 N–H and O–H groups in total. The molecule has 0 saturated carbocycles. The minimum absolute atomic E-state index is 0.0209. The Morgan fingerprint density at radius 3 is 3.00 bits per heavy atom. The highest BCUT2D eigenvalue weighted by Crippen LogP contribution is 2.20. The van der Waals surface area contributed by atoms with Crippen molar-refractivity contribution in [2.45, 2.75) is 26.2 Å². The molecular weight excluding hydrogens is 287 g/mol. The maximum atomic E-state index is 13.6. The molecule has 6 heteroatoms. The lowest BCUT2D eigenvalue weighted by atomic mass is 10.1. The van der Waals surface area contributed by atoms with E-state index in [1.54, 1.807) is 0 Å². The standard InChI is InChI=1S/C13H12ClFN2OS/c1-2-3-11-13(19-17-16-11)12(18)7-8-6-9(14)4-5-10(8)15/h4-6H,2-3,7H2,1H3. The van der Waals surface area contributed by atoms with Crippen LogP contribution < -0.4 is 0 Å². The van der Waals surface area contributed by atoms with E-state index < -0.39 is 5.82 Å². The molecule has 1 aromatic heterocycles. The number of aryl methyl sites for hydroxylation is 1. The second kappa shape index (κ2) is 6.21. The molecule has 0 amide bonds. The molecule has 0 fully saturated rings. The quantitative estimate of drug-likeness (QED) is 0.790. The van der Waals surface area contributed by atoms with Crippen LogP contribution in [0.5, 0.6) is 0 Å². The van der Waals surface area contributed by atoms with E-state index in [4.69, 9.17) is 11.6 Å². The van der Waals surface area contributed by atoms with Gasteiger partial charge in [-0.3, -0.25) is 4.79 Å². The topological polar surface area (TPSA) is 42.9 Å². The zero-order chi connectivity index (χ0) is 13.8. The van der Waals surface area contributed by atoms with Crippen molar-refractivity contribution in [2.24, 2.45) is 0 Å². The van der Waals surface area contributed by atoms with Gasteiger partial charge in [-0.15, -0.1) is 5.10 Å². The predicted octanol–water partition coefficient (Wildman–Crippen LogP) is 3.71. The molecule has 1 heterocycles. The first kappa shape index (κ1) is 14.1. The number of rotatable bonds is 5. The van der Waals surface area contributed by atoms with Gasteiger partial charge in [0, 0.05) is 11.4 Å². The van der Waals surface area contributed by atoms with Crippen LogP contribution in [0.15, 0.2) is 18.2 Å². The van der Waals surface area contributed by atoms with Gasteiger partial charge in [0.25, 0.3) is 0 Å². The molecule has 0 spiro atoms. The molecule has 0 aliphatic heterocycles. The SMILES string of the molecule is CCCc1nnsc1C(=O)Cc1cc(Cl)ccc1F. The normalized spacial score (nSPS) is 10.7. The van der Waals surface area contributed by atoms with E-state index in [2.05, 4.69) is 9.59 Å². The third-order valence-electron chi connectivity index (χ3n) is 2.65. The Kier molecular flexibility index (Phi) is 4.61. The van der Waals surface area contributed by atoms with Gasteiger partial charge >= 0.3 is 0 Å². The predicted molar refractivity (Wildman–Crippen MR) is 73.3 cm³/mol. The second-order valence-corrected chi connectivity index (χ2v) is 5.32. The Bertz CT molecular complexity index is 600. The number of Topliss-reactive ketones (excluding diaryl/α,β-unsaturated/α-hetero) is 1. The van der Waals surface area contributed by atoms with Crippen molar-refractivity contribution in [3.63, 3.8) is 0 Å². The Hall–Kier alpha value is -1.33. The summed E-state index contributed by atoms with van der Waals surface area (Å²) >= 11 is 6.87. The highest BCUT2D eigenvalue weighted by Gasteiger charge is 2.17. The first-order valence-corrected chi connectivity index (χ1v) is 7.05. The van der Waals surface area contributed by atoms with Crippen LogP contribution in [-0.2, 0) is 12.8 Å². The van der Waals surface area contributed by atoms with Crippen LogP contribution in [0.2, 0.25) is 5.02 Å². The lowest BCUT2D eigenvalue weighted by Gasteiger charge is -2.03. The minimum atomic E-state index is -0.424. The Labute approximate surface area is 119 Å². The van der Waals surface area contributed by atoms with Crippen molar-refractivity contribution >= 4 is 28.9 Å². The van der Waals surface area contributed by atoms with Crippen LogP contribution in [0.1, 0.15) is 34.3 Å². The van der Waals surface area contributed by atoms with Gasteiger partial charge in [0.05, 0.1) is 5.69 Å². The zero-order valence-corrected chi connectivity index (χ0v) is 11.9. The molecule has 2 aromatic rings. The van der Waals surface area contributed by atoms with Gasteiger partial charge < -0.3 is 0 Å². The van der Waals surface area contributed by atoms with Crippen molar-refractivity contribution in [3.8, 4) is 0 Å². The first-order chi connectivity index (χ1) is 9.11. The molecule has 100 valence electrons. The summed E-state index contributed by atoms with van der Waals surface area (Å²) in [4.78, 5) is 12.7. The molecule has 0 bridgehead atoms. The minimum Gasteiger partial charge on any atom is -0.293 e. The summed E-state index contributed by atoms with van der Waals surface area (Å²) in [5.74, 6) is -0.591. The average molecular weight is 299 g/mol. The van der Waals surface area contributed by atoms with E-state index in [1.807, 2.05) is 6.92 Å². The summed E-state index contributed by atoms with van der Waals surface area (Å²) in [6.07, 6.45) is 1.57. The van der Waals surface area contributed by atoms with Crippen LogP contribution in [0.4, 0.5) is 4.39 Å². The molecule has 3 nitrogen and oxygen atoms in total. The Morgan fingerprint density at radius 1 is 1.47 bits per heavy atom. The number of carbonyl (C=O) groups is 1. The number of hydrogen-bond donors (Lipinski definition) is 0. The zero-order valence-electron chi connectivity index (χ0n) is 10.3. The van der Waals surface area contributed by atoms with Crippen LogP contribution in [-0.4, -0.2) is 15.4 Å². The lowest BCUT2D eigenvalue weighted by Crippen LogP contribution is -2.06. The Morgan fingerprint density at radius 2 is 2.26 bits per heavy atom. The molecule has 0 radical (unpaired) electrons. The average Bonchev–Trinajstić information content (AvgIpc) is 2.82. The summed E-state index contributed by atoms with van der Waals surface area (Å²) in [6.45, 7) is 2.00. The molecular formula is C13H12ClFN2OS. The van der Waals surface area contributed by atoms with Gasteiger partial charge in [0.15, 0.2) is 5.78 Å². The largest absolute Gasteiger partial charge is 0.293 e. The fourth-order valence-electron chi connectivity index (χ4n) is 1.75. The number of hydrogen-bond acceptors (Lipinski definition) is 4. The lowest BCUT2D eigenvalue weighted by molar-refractivity contribution is 0.0994. The van der Waals surface area contributed by atoms with E-state index in [9.17, 15) is 9.18 Å². The summed E-state index contributed by atoms with van der Waals surface area (Å²) in [5, 5.41) is 4.35. The number of nitrogens with zero attached hydrogens (tertiary/aromatic N) is 2. The van der Waals surface area contributed by atoms with E-state index >= 15 is 0 Å². The summed E-state index contributed by atoms with van der Waals surface area (Å²) < 4.78 is 17.4. The van der Waals surface area contributed by atoms with Crippen molar-refractivity contribution < 1.29 is 9.18 Å². The summed E-state index contributed by atoms with van der Waals surface area (Å²) in [7, 11) is 0. The van der Waals surface area contributed by atoms with Crippen LogP contribution in [0.25, 0.3) is 0 Å². The van der Waals surface area contributed by atoms with Crippen molar-refractivity contribution in [3.05, 3.63) is 45.2 Å². The van der Waals surface area contributed by atoms with Gasteiger partial charge in [-0.25, -0.2) is 4.39 Å². The van der Waals surface area contributed by atoms with Gasteiger partial charge in [0.1, 0.15) is 10.7 Å². The van der Waals surface area contributed by atoms with Gasteiger partial charge in [-0.2, -0.15) is 0 Å². The maximum absolute atomic E-state index is 13.6. The highest BCUT2D eigenvalue weighted by atomic mass is 35.5. The van der Waals surface area contributed by atoms with E-state index in [1.165, 1.54) is 18.2 Å². The number of aromatic nitrogens is 2. The van der Waals surface area contributed by atoms with Gasteiger partial charge in [-0.1, -0.05) is 29.4 Å². The number of halogens is 2. The molecule has 2 rings (SSSR count). The van der Waals surface area contributed by atoms with Gasteiger partial charge in [0.2, 0.25) is 0 Å². The molecule has 0 saturated heterocycles. The fourth-order valence-corrected chi connectivity index (χ4v) is 2.59. The van der Waals surface area contributed by atoms with Gasteiger partial charge in [-0.05, 0) is 41.7 Å². The molecule has 1 aromatic carbocycles. The third-order valence-corrected chi connectivity index (χ3v) is 3.70. The summed E-state index contributed by atoms with van der Waals surface area (Å²) in [6, 6.07) is 4.20. The third kappa shape index (κ3) is 3.36. The van der Waals surface area contributed by atoms with Crippen molar-refractivity contribution in [2.75, 3.05) is 0 Å². The second-order valence-electron chi connectivity index (χ2n) is 4.13. The fraction of sp³-hybridized carbons (Fsp3) is 0.308. The van der Waals surface area contributed by atoms with E-state index in [0.717, 1.165) is 18.0 Å². The molecule has 0 atom stereocenters. The molecule has 0 unspecified atom stereocenters. The first-order valence-electron chi connectivity index (χ1n) is 5.90. The number of carbonyl (C=O) groups excluding carboxylic acids is 1. The van der Waals surface area contributed by atoms with Crippen LogP contribution in [0, 0.1) is 5.82 Å². The van der Waals surface area contributed by atoms with E-state index in [0.29, 0.717) is 27.6 Å². The highest BCUT2D eigenvalue weighted by molar-refractivity contribution is 7.08. The molecule has 0 aliphatic carbocycles. The molecule has 19 heavy (non-hydrogen) atoms. The monoisotopic (exact) mass is 298 g/mol. The smallest absolute Gasteiger partial charge is 0.180 e. The molecule has 0 aliphatic rings.